The van der Waals surface area contributed by atoms with Crippen molar-refractivity contribution >= 4 is 0 Å². The maximum absolute atomic E-state index is 5.44. The molecule has 0 N–H and O–H groups in total. The van der Waals surface area contributed by atoms with Gasteiger partial charge in [-0.25, -0.2) is 0 Å². The summed E-state index contributed by atoms with van der Waals surface area (Å²) in [6, 6.07) is 11.0. The van der Waals surface area contributed by atoms with E-state index in [9.17, 15) is 0 Å². The molecule has 144 valence electrons. The van der Waals surface area contributed by atoms with Gasteiger partial charge in [-0.15, -0.1) is 0 Å². The lowest BCUT2D eigenvalue weighted by molar-refractivity contribution is 0.123. The smallest absolute Gasteiger partial charge is 0.122 e. The van der Waals surface area contributed by atoms with Gasteiger partial charge in [0.1, 0.15) is 11.5 Å². The fraction of sp³-hybridized carbons (Fsp3) is 0.500. The first-order chi connectivity index (χ1) is 13.2. The summed E-state index contributed by atoms with van der Waals surface area (Å²) in [7, 11) is 3.42. The molecule has 5 heteroatoms. The van der Waals surface area contributed by atoms with Gasteiger partial charge in [-0.05, 0) is 48.1 Å². The van der Waals surface area contributed by atoms with Crippen LogP contribution in [0, 0.1) is 5.92 Å². The third kappa shape index (κ3) is 4.42. The zero-order valence-corrected chi connectivity index (χ0v) is 16.3. The molecule has 0 amide bonds. The van der Waals surface area contributed by atoms with E-state index in [1.54, 1.807) is 14.2 Å². The number of methoxy groups -OCH3 is 2. The van der Waals surface area contributed by atoms with E-state index in [4.69, 9.17) is 9.47 Å². The Morgan fingerprint density at radius 2 is 1.78 bits per heavy atom. The van der Waals surface area contributed by atoms with E-state index in [-0.39, 0.29) is 0 Å². The number of ether oxygens (including phenoxy) is 2. The molecule has 2 atom stereocenters. The number of benzene rings is 1. The van der Waals surface area contributed by atoms with Crippen LogP contribution in [0.15, 0.2) is 42.7 Å². The number of hydrogen-bond acceptors (Lipinski definition) is 5. The molecule has 3 aliphatic heterocycles. The monoisotopic (exact) mass is 367 g/mol. The molecule has 27 heavy (non-hydrogen) atoms. The summed E-state index contributed by atoms with van der Waals surface area (Å²) in [5.74, 6) is 2.47. The van der Waals surface area contributed by atoms with Crippen LogP contribution >= 0.6 is 0 Å². The van der Waals surface area contributed by atoms with E-state index in [2.05, 4.69) is 33.0 Å². The Labute approximate surface area is 161 Å². The molecule has 3 aliphatic rings. The topological polar surface area (TPSA) is 37.8 Å². The first-order valence-electron chi connectivity index (χ1n) is 9.80. The molecule has 0 unspecified atom stereocenters. The maximum Gasteiger partial charge on any atom is 0.122 e. The van der Waals surface area contributed by atoms with Crippen molar-refractivity contribution in [3.8, 4) is 11.5 Å². The Bertz CT molecular complexity index is 730. The Morgan fingerprint density at radius 1 is 0.963 bits per heavy atom. The molecule has 5 rings (SSSR count). The van der Waals surface area contributed by atoms with E-state index in [1.807, 2.05) is 24.5 Å². The SMILES string of the molecule is COc1cc(CN2C[C@H]3CC[C@@H]2CN(Cc2cccnc2)C3)cc(OC)c1. The van der Waals surface area contributed by atoms with E-state index < -0.39 is 0 Å². The first kappa shape index (κ1) is 18.3. The summed E-state index contributed by atoms with van der Waals surface area (Å²) in [5.41, 5.74) is 2.57. The van der Waals surface area contributed by atoms with Gasteiger partial charge in [0, 0.05) is 57.2 Å². The molecular weight excluding hydrogens is 338 g/mol. The number of nitrogens with zero attached hydrogens (tertiary/aromatic N) is 3. The van der Waals surface area contributed by atoms with Gasteiger partial charge < -0.3 is 9.47 Å². The molecule has 4 heterocycles. The molecule has 2 aromatic rings. The van der Waals surface area contributed by atoms with Crippen LogP contribution in [-0.4, -0.2) is 54.7 Å². The largest absolute Gasteiger partial charge is 0.497 e. The second-order valence-electron chi connectivity index (χ2n) is 7.80. The van der Waals surface area contributed by atoms with E-state index in [0.29, 0.717) is 6.04 Å². The zero-order chi connectivity index (χ0) is 18.6. The number of rotatable bonds is 6. The number of hydrogen-bond donors (Lipinski definition) is 0. The van der Waals surface area contributed by atoms with Crippen LogP contribution < -0.4 is 9.47 Å². The van der Waals surface area contributed by atoms with Crippen LogP contribution in [0.1, 0.15) is 24.0 Å². The van der Waals surface area contributed by atoms with Gasteiger partial charge >= 0.3 is 0 Å². The minimum absolute atomic E-state index is 0.609. The van der Waals surface area contributed by atoms with Gasteiger partial charge in [0.25, 0.3) is 0 Å². The van der Waals surface area contributed by atoms with Crippen molar-refractivity contribution in [3.63, 3.8) is 0 Å². The highest BCUT2D eigenvalue weighted by atomic mass is 16.5. The third-order valence-corrected chi connectivity index (χ3v) is 5.83. The minimum atomic E-state index is 0.609. The van der Waals surface area contributed by atoms with Crippen molar-refractivity contribution in [2.24, 2.45) is 5.92 Å². The number of aromatic nitrogens is 1. The fourth-order valence-electron chi connectivity index (χ4n) is 4.54. The van der Waals surface area contributed by atoms with Crippen molar-refractivity contribution in [1.82, 2.24) is 14.8 Å². The molecule has 0 aliphatic carbocycles. The lowest BCUT2D eigenvalue weighted by Gasteiger charge is -2.36. The van der Waals surface area contributed by atoms with Crippen molar-refractivity contribution in [2.75, 3.05) is 33.9 Å². The summed E-state index contributed by atoms with van der Waals surface area (Å²) >= 11 is 0. The average molecular weight is 367 g/mol. The molecule has 0 saturated carbocycles. The van der Waals surface area contributed by atoms with Crippen LogP contribution in [0.2, 0.25) is 0 Å². The molecule has 5 nitrogen and oxygen atoms in total. The van der Waals surface area contributed by atoms with Crippen LogP contribution in [-0.2, 0) is 13.1 Å². The van der Waals surface area contributed by atoms with Crippen LogP contribution in [0.4, 0.5) is 0 Å². The molecule has 2 bridgehead atoms. The van der Waals surface area contributed by atoms with Crippen LogP contribution in [0.25, 0.3) is 0 Å². The summed E-state index contributed by atoms with van der Waals surface area (Å²) < 4.78 is 10.9. The van der Waals surface area contributed by atoms with Crippen molar-refractivity contribution in [3.05, 3.63) is 53.9 Å². The lowest BCUT2D eigenvalue weighted by Crippen LogP contribution is -2.43. The predicted molar refractivity (Wildman–Crippen MR) is 106 cm³/mol. The Kier molecular flexibility index (Phi) is 5.60. The second kappa shape index (κ2) is 8.28. The predicted octanol–water partition coefficient (Wildman–Crippen LogP) is 3.20. The minimum Gasteiger partial charge on any atom is -0.497 e. The van der Waals surface area contributed by atoms with Gasteiger partial charge in [0.05, 0.1) is 14.2 Å². The van der Waals surface area contributed by atoms with Gasteiger partial charge in [-0.2, -0.15) is 0 Å². The summed E-state index contributed by atoms with van der Waals surface area (Å²) in [5, 5.41) is 0. The van der Waals surface area contributed by atoms with Crippen LogP contribution in [0.5, 0.6) is 11.5 Å². The highest BCUT2D eigenvalue weighted by molar-refractivity contribution is 5.38. The number of pyridine rings is 1. The second-order valence-corrected chi connectivity index (χ2v) is 7.80. The first-order valence-corrected chi connectivity index (χ1v) is 9.80. The summed E-state index contributed by atoms with van der Waals surface area (Å²) in [6.07, 6.45) is 6.47. The Balaban J connectivity index is 1.46. The number of piperidine rings is 1. The molecule has 1 aromatic carbocycles. The molecule has 3 fully saturated rings. The molecular formula is C22H29N3O2. The van der Waals surface area contributed by atoms with Crippen molar-refractivity contribution < 1.29 is 9.47 Å². The molecule has 3 saturated heterocycles. The van der Waals surface area contributed by atoms with Gasteiger partial charge in [0.2, 0.25) is 0 Å². The molecule has 0 spiro atoms. The number of fused-ring (bicyclic) bond motifs is 4. The quantitative estimate of drug-likeness (QED) is 0.784. The normalized spacial score (nSPS) is 23.2. The standard InChI is InChI=1S/C22H29N3O2/c1-26-21-8-19(9-22(10-21)27-2)15-25-14-18-5-6-20(25)16-24(13-18)12-17-4-3-7-23-11-17/h3-4,7-11,18,20H,5-6,12-16H2,1-2H3/t18-,20+/m0/s1. The fourth-order valence-corrected chi connectivity index (χ4v) is 4.54. The lowest BCUT2D eigenvalue weighted by atomic mass is 9.94. The zero-order valence-electron chi connectivity index (χ0n) is 16.3. The summed E-state index contributed by atoms with van der Waals surface area (Å²) in [4.78, 5) is 9.54. The Hall–Kier alpha value is -2.11. The Morgan fingerprint density at radius 3 is 2.48 bits per heavy atom. The highest BCUT2D eigenvalue weighted by Gasteiger charge is 2.34. The van der Waals surface area contributed by atoms with Gasteiger partial charge in [0.15, 0.2) is 0 Å². The van der Waals surface area contributed by atoms with E-state index in [0.717, 1.165) is 37.1 Å². The summed E-state index contributed by atoms with van der Waals surface area (Å²) in [6.45, 7) is 5.45. The maximum atomic E-state index is 5.44. The molecule has 1 aromatic heterocycles. The highest BCUT2D eigenvalue weighted by Crippen LogP contribution is 2.31. The van der Waals surface area contributed by atoms with Gasteiger partial charge in [-0.1, -0.05) is 6.07 Å². The average Bonchev–Trinajstić information content (AvgIpc) is 2.99. The van der Waals surface area contributed by atoms with Crippen LogP contribution in [0.3, 0.4) is 0 Å². The molecule has 0 radical (unpaired) electrons. The van der Waals surface area contributed by atoms with Crippen molar-refractivity contribution in [1.29, 1.82) is 0 Å². The van der Waals surface area contributed by atoms with E-state index in [1.165, 1.54) is 37.1 Å². The van der Waals surface area contributed by atoms with E-state index >= 15 is 0 Å². The van der Waals surface area contributed by atoms with Gasteiger partial charge in [-0.3, -0.25) is 14.8 Å². The van der Waals surface area contributed by atoms with Crippen molar-refractivity contribution in [2.45, 2.75) is 32.0 Å². The third-order valence-electron chi connectivity index (χ3n) is 5.83.